The van der Waals surface area contributed by atoms with Crippen LogP contribution in [-0.2, 0) is 16.8 Å². The van der Waals surface area contributed by atoms with E-state index in [9.17, 15) is 9.90 Å². The number of amides is 1. The zero-order valence-electron chi connectivity index (χ0n) is 16.8. The lowest BCUT2D eigenvalue weighted by molar-refractivity contribution is -0.116. The van der Waals surface area contributed by atoms with Gasteiger partial charge in [-0.3, -0.25) is 14.5 Å². The number of phenols is 1. The maximum Gasteiger partial charge on any atom is 0.244 e. The molecule has 3 N–H and O–H groups in total. The molecular weight excluding hydrogens is 388 g/mol. The predicted octanol–water partition coefficient (Wildman–Crippen LogP) is 4.26. The minimum absolute atomic E-state index is 0.0116. The topological polar surface area (TPSA) is 92.2 Å². The number of nitrogens with zero attached hydrogens (tertiary/aromatic N) is 2. The Labute approximate surface area is 174 Å². The minimum Gasteiger partial charge on any atom is -0.506 e. The van der Waals surface area contributed by atoms with Crippen molar-refractivity contribution in [3.05, 3.63) is 52.8 Å². The van der Waals surface area contributed by atoms with E-state index in [4.69, 9.17) is 17.0 Å². The normalized spacial score (nSPS) is 11.3. The van der Waals surface area contributed by atoms with Gasteiger partial charge in [-0.05, 0) is 59.6 Å². The van der Waals surface area contributed by atoms with E-state index in [1.54, 1.807) is 23.8 Å². The molecule has 0 atom stereocenters. The molecule has 0 spiro atoms. The molecule has 1 aromatic heterocycles. The molecule has 0 aliphatic carbocycles. The van der Waals surface area contributed by atoms with E-state index in [0.29, 0.717) is 16.3 Å². The summed E-state index contributed by atoms with van der Waals surface area (Å²) in [5.41, 5.74) is 2.05. The van der Waals surface area contributed by atoms with Gasteiger partial charge in [-0.1, -0.05) is 26.8 Å². The smallest absolute Gasteiger partial charge is 0.244 e. The second kappa shape index (κ2) is 8.08. The van der Waals surface area contributed by atoms with Crippen LogP contribution in [0.25, 0.3) is 11.4 Å². The SMILES string of the molecule is COc1ccc(-c2n[nH]c(=S)n2CC(=O)Nc2cc(C(C)(C)C)ccc2O)cc1. The first kappa shape index (κ1) is 20.6. The molecule has 0 saturated heterocycles. The van der Waals surface area contributed by atoms with E-state index in [2.05, 4.69) is 36.3 Å². The number of aromatic hydroxyl groups is 1. The van der Waals surface area contributed by atoms with Gasteiger partial charge in [0.15, 0.2) is 10.6 Å². The summed E-state index contributed by atoms with van der Waals surface area (Å²) < 4.78 is 7.11. The third kappa shape index (κ3) is 4.65. The molecule has 0 unspecified atom stereocenters. The van der Waals surface area contributed by atoms with Crippen molar-refractivity contribution in [1.29, 1.82) is 0 Å². The van der Waals surface area contributed by atoms with E-state index < -0.39 is 0 Å². The molecule has 2 aromatic carbocycles. The predicted molar refractivity (Wildman–Crippen MR) is 115 cm³/mol. The summed E-state index contributed by atoms with van der Waals surface area (Å²) >= 11 is 5.29. The molecular formula is C21H24N4O3S. The number of rotatable bonds is 5. The zero-order valence-corrected chi connectivity index (χ0v) is 17.6. The molecule has 7 nitrogen and oxygen atoms in total. The molecule has 3 rings (SSSR count). The Bertz CT molecular complexity index is 1080. The molecule has 29 heavy (non-hydrogen) atoms. The minimum atomic E-state index is -0.321. The largest absolute Gasteiger partial charge is 0.506 e. The third-order valence-corrected chi connectivity index (χ3v) is 4.86. The van der Waals surface area contributed by atoms with Gasteiger partial charge in [0.1, 0.15) is 18.0 Å². The first-order chi connectivity index (χ1) is 13.7. The lowest BCUT2D eigenvalue weighted by Gasteiger charge is -2.20. The number of aromatic nitrogens is 3. The van der Waals surface area contributed by atoms with Crippen LogP contribution in [0.15, 0.2) is 42.5 Å². The van der Waals surface area contributed by atoms with Crippen molar-refractivity contribution < 1.29 is 14.6 Å². The van der Waals surface area contributed by atoms with Crippen molar-refractivity contribution in [2.75, 3.05) is 12.4 Å². The van der Waals surface area contributed by atoms with Gasteiger partial charge in [-0.25, -0.2) is 0 Å². The highest BCUT2D eigenvalue weighted by molar-refractivity contribution is 7.71. The van der Waals surface area contributed by atoms with Gasteiger partial charge >= 0.3 is 0 Å². The standard InChI is InChI=1S/C21H24N4O3S/c1-21(2,3)14-7-10-17(26)16(11-14)22-18(27)12-25-19(23-24-20(25)29)13-5-8-15(28-4)9-6-13/h5-11,26H,12H2,1-4H3,(H,22,27)(H,24,29). The lowest BCUT2D eigenvalue weighted by atomic mass is 9.87. The second-order valence-corrected chi connectivity index (χ2v) is 8.08. The Kier molecular flexibility index (Phi) is 5.74. The molecule has 1 amide bonds. The number of carbonyl (C=O) groups excluding carboxylic acids is 1. The van der Waals surface area contributed by atoms with Crippen LogP contribution in [-0.4, -0.2) is 32.9 Å². The van der Waals surface area contributed by atoms with Gasteiger partial charge in [0, 0.05) is 5.56 Å². The number of carbonyl (C=O) groups is 1. The summed E-state index contributed by atoms with van der Waals surface area (Å²) in [6, 6.07) is 12.5. The fraction of sp³-hybridized carbons (Fsp3) is 0.286. The molecule has 1 heterocycles. The molecule has 0 bridgehead atoms. The highest BCUT2D eigenvalue weighted by atomic mass is 32.1. The van der Waals surface area contributed by atoms with Gasteiger partial charge < -0.3 is 15.2 Å². The van der Waals surface area contributed by atoms with Crippen molar-refractivity contribution in [1.82, 2.24) is 14.8 Å². The third-order valence-electron chi connectivity index (χ3n) is 4.54. The van der Waals surface area contributed by atoms with E-state index in [-0.39, 0.29) is 23.6 Å². The number of hydrogen-bond donors (Lipinski definition) is 3. The van der Waals surface area contributed by atoms with Crippen LogP contribution < -0.4 is 10.1 Å². The van der Waals surface area contributed by atoms with Crippen LogP contribution in [0.5, 0.6) is 11.5 Å². The van der Waals surface area contributed by atoms with Crippen LogP contribution in [0.2, 0.25) is 0 Å². The van der Waals surface area contributed by atoms with Crippen molar-refractivity contribution >= 4 is 23.8 Å². The van der Waals surface area contributed by atoms with Gasteiger partial charge in [-0.15, -0.1) is 0 Å². The van der Waals surface area contributed by atoms with Gasteiger partial charge in [-0.2, -0.15) is 5.10 Å². The van der Waals surface area contributed by atoms with Crippen LogP contribution >= 0.6 is 12.2 Å². The van der Waals surface area contributed by atoms with E-state index in [0.717, 1.165) is 16.9 Å². The second-order valence-electron chi connectivity index (χ2n) is 7.70. The van der Waals surface area contributed by atoms with Gasteiger partial charge in [0.05, 0.1) is 12.8 Å². The zero-order chi connectivity index (χ0) is 21.2. The summed E-state index contributed by atoms with van der Waals surface area (Å²) in [5.74, 6) is 0.956. The molecule has 8 heteroatoms. The summed E-state index contributed by atoms with van der Waals surface area (Å²) in [5, 5.41) is 19.9. The van der Waals surface area contributed by atoms with Crippen LogP contribution in [0.3, 0.4) is 0 Å². The maximum atomic E-state index is 12.7. The Balaban J connectivity index is 1.83. The van der Waals surface area contributed by atoms with Crippen molar-refractivity contribution in [3.8, 4) is 22.9 Å². The number of nitrogens with one attached hydrogen (secondary N) is 2. The van der Waals surface area contributed by atoms with E-state index in [1.807, 2.05) is 30.3 Å². The molecule has 0 saturated carbocycles. The number of methoxy groups -OCH3 is 1. The number of ether oxygens (including phenoxy) is 1. The van der Waals surface area contributed by atoms with Crippen LogP contribution in [0, 0.1) is 4.77 Å². The van der Waals surface area contributed by atoms with Gasteiger partial charge in [0.25, 0.3) is 0 Å². The highest BCUT2D eigenvalue weighted by Gasteiger charge is 2.18. The summed E-state index contributed by atoms with van der Waals surface area (Å²) in [6.45, 7) is 6.15. The fourth-order valence-electron chi connectivity index (χ4n) is 2.86. The number of anilines is 1. The fourth-order valence-corrected chi connectivity index (χ4v) is 3.06. The Hall–Kier alpha value is -3.13. The monoisotopic (exact) mass is 412 g/mol. The lowest BCUT2D eigenvalue weighted by Crippen LogP contribution is -2.20. The van der Waals surface area contributed by atoms with E-state index in [1.165, 1.54) is 0 Å². The molecule has 152 valence electrons. The number of hydrogen-bond acceptors (Lipinski definition) is 5. The molecule has 0 aliphatic rings. The Morgan fingerprint density at radius 1 is 1.24 bits per heavy atom. The summed E-state index contributed by atoms with van der Waals surface area (Å²) in [4.78, 5) is 12.7. The molecule has 0 radical (unpaired) electrons. The van der Waals surface area contributed by atoms with Crippen LogP contribution in [0.1, 0.15) is 26.3 Å². The van der Waals surface area contributed by atoms with Gasteiger partial charge in [0.2, 0.25) is 5.91 Å². The van der Waals surface area contributed by atoms with E-state index >= 15 is 0 Å². The first-order valence-corrected chi connectivity index (χ1v) is 9.53. The highest BCUT2D eigenvalue weighted by Crippen LogP contribution is 2.30. The number of aromatic amines is 1. The molecule has 0 fully saturated rings. The average molecular weight is 413 g/mol. The van der Waals surface area contributed by atoms with Crippen molar-refractivity contribution in [3.63, 3.8) is 0 Å². The molecule has 3 aromatic rings. The van der Waals surface area contributed by atoms with Crippen molar-refractivity contribution in [2.24, 2.45) is 0 Å². The first-order valence-electron chi connectivity index (χ1n) is 9.12. The number of benzene rings is 2. The number of phenolic OH excluding ortho intramolecular Hbond substituents is 1. The Morgan fingerprint density at radius 2 is 1.93 bits per heavy atom. The van der Waals surface area contributed by atoms with Crippen molar-refractivity contribution in [2.45, 2.75) is 32.7 Å². The summed E-state index contributed by atoms with van der Waals surface area (Å²) in [7, 11) is 1.60. The number of H-pyrrole nitrogens is 1. The Morgan fingerprint density at radius 3 is 2.55 bits per heavy atom. The molecule has 0 aliphatic heterocycles. The van der Waals surface area contributed by atoms with Crippen LogP contribution in [0.4, 0.5) is 5.69 Å². The maximum absolute atomic E-state index is 12.7. The quantitative estimate of drug-likeness (QED) is 0.430. The average Bonchev–Trinajstić information content (AvgIpc) is 3.03. The summed E-state index contributed by atoms with van der Waals surface area (Å²) in [6.07, 6.45) is 0.